The molecule has 1 aliphatic rings. The van der Waals surface area contributed by atoms with E-state index in [4.69, 9.17) is 5.73 Å². The quantitative estimate of drug-likeness (QED) is 0.543. The van der Waals surface area contributed by atoms with Gasteiger partial charge in [-0.25, -0.2) is 0 Å². The van der Waals surface area contributed by atoms with Gasteiger partial charge < -0.3 is 10.5 Å². The number of unbranched alkanes of at least 4 members (excludes halogenated alkanes) is 3. The zero-order valence-corrected chi connectivity index (χ0v) is 12.5. The summed E-state index contributed by atoms with van der Waals surface area (Å²) >= 11 is 0. The van der Waals surface area contributed by atoms with E-state index in [1.54, 1.807) is 0 Å². The summed E-state index contributed by atoms with van der Waals surface area (Å²) in [6.07, 6.45) is 8.90. The molecule has 19 heavy (non-hydrogen) atoms. The molecule has 0 aromatic rings. The molecule has 0 saturated carbocycles. The maximum atomic E-state index is 11.3. The van der Waals surface area contributed by atoms with E-state index >= 15 is 0 Å². The molecule has 0 saturated heterocycles. The molecule has 4 heteroatoms. The van der Waals surface area contributed by atoms with Crippen LogP contribution in [0.15, 0.2) is 4.99 Å². The van der Waals surface area contributed by atoms with Crippen LogP contribution in [0, 0.1) is 11.8 Å². The van der Waals surface area contributed by atoms with Crippen molar-refractivity contribution in [3.63, 3.8) is 0 Å². The minimum atomic E-state index is -0.525. The van der Waals surface area contributed by atoms with E-state index < -0.39 is 6.04 Å². The van der Waals surface area contributed by atoms with Gasteiger partial charge in [-0.05, 0) is 18.8 Å². The molecule has 0 aliphatic carbocycles. The van der Waals surface area contributed by atoms with Gasteiger partial charge in [0.15, 0.2) is 0 Å². The zero-order chi connectivity index (χ0) is 14.3. The number of carbonyl (C=O) groups excluding carboxylic acids is 1. The number of hydrogen-bond acceptors (Lipinski definition) is 4. The Bertz CT molecular complexity index is 305. The number of hydrogen-bond donors (Lipinski definition) is 1. The van der Waals surface area contributed by atoms with Crippen LogP contribution >= 0.6 is 0 Å². The zero-order valence-electron chi connectivity index (χ0n) is 12.5. The van der Waals surface area contributed by atoms with Crippen LogP contribution in [0.1, 0.15) is 52.4 Å². The van der Waals surface area contributed by atoms with Crippen molar-refractivity contribution in [3.8, 4) is 0 Å². The summed E-state index contributed by atoms with van der Waals surface area (Å²) in [5.74, 6) is 0.467. The number of ether oxygens (including phenoxy) is 1. The molecule has 110 valence electrons. The fraction of sp³-hybridized carbons (Fsp3) is 0.867. The second-order valence-electron chi connectivity index (χ2n) is 5.60. The summed E-state index contributed by atoms with van der Waals surface area (Å²) in [4.78, 5) is 15.9. The third-order valence-corrected chi connectivity index (χ3v) is 4.13. The summed E-state index contributed by atoms with van der Waals surface area (Å²) < 4.78 is 4.67. The monoisotopic (exact) mass is 268 g/mol. The lowest BCUT2D eigenvalue weighted by Crippen LogP contribution is -2.35. The smallest absolute Gasteiger partial charge is 0.322 e. The Hall–Kier alpha value is -0.900. The van der Waals surface area contributed by atoms with E-state index in [0.29, 0.717) is 24.3 Å². The van der Waals surface area contributed by atoms with Crippen LogP contribution in [0.4, 0.5) is 0 Å². The normalized spacial score (nSPS) is 27.5. The minimum absolute atomic E-state index is 0.310. The van der Waals surface area contributed by atoms with Crippen LogP contribution in [-0.2, 0) is 9.53 Å². The highest BCUT2D eigenvalue weighted by atomic mass is 16.5. The molecular weight excluding hydrogens is 240 g/mol. The van der Waals surface area contributed by atoms with Crippen molar-refractivity contribution in [1.82, 2.24) is 0 Å². The van der Waals surface area contributed by atoms with E-state index in [1.807, 2.05) is 6.21 Å². The number of nitrogens with two attached hydrogens (primary N) is 1. The van der Waals surface area contributed by atoms with Crippen molar-refractivity contribution < 1.29 is 9.53 Å². The lowest BCUT2D eigenvalue weighted by atomic mass is 9.85. The van der Waals surface area contributed by atoms with E-state index in [0.717, 1.165) is 6.42 Å². The van der Waals surface area contributed by atoms with Crippen molar-refractivity contribution in [3.05, 3.63) is 0 Å². The van der Waals surface area contributed by atoms with E-state index in [1.165, 1.54) is 32.8 Å². The SMILES string of the molecule is CCCCCCC1N=CC(CC(N)C(=O)OC)C1C. The standard InChI is InChI=1S/C15H28N2O2/c1-4-5-6-7-8-14-11(2)12(10-17-14)9-13(16)15(18)19-3/h10-14H,4-9,16H2,1-3H3. The molecule has 1 rings (SSSR count). The molecule has 1 aliphatic heterocycles. The van der Waals surface area contributed by atoms with Gasteiger partial charge in [0.2, 0.25) is 0 Å². The Labute approximate surface area is 116 Å². The molecule has 0 aromatic heterocycles. The number of aliphatic imine (C=N–C) groups is 1. The molecule has 0 spiro atoms. The molecule has 0 fully saturated rings. The summed E-state index contributed by atoms with van der Waals surface area (Å²) in [5, 5.41) is 0. The third-order valence-electron chi connectivity index (χ3n) is 4.13. The first kappa shape index (κ1) is 16.2. The molecule has 0 bridgehead atoms. The van der Waals surface area contributed by atoms with Gasteiger partial charge in [-0.2, -0.15) is 0 Å². The van der Waals surface area contributed by atoms with Crippen LogP contribution in [0.2, 0.25) is 0 Å². The van der Waals surface area contributed by atoms with Crippen molar-refractivity contribution in [2.75, 3.05) is 7.11 Å². The van der Waals surface area contributed by atoms with Gasteiger partial charge in [0, 0.05) is 12.1 Å². The summed E-state index contributed by atoms with van der Waals surface area (Å²) in [7, 11) is 1.38. The van der Waals surface area contributed by atoms with Gasteiger partial charge in [0.25, 0.3) is 0 Å². The minimum Gasteiger partial charge on any atom is -0.468 e. The lowest BCUT2D eigenvalue weighted by Gasteiger charge is -2.21. The van der Waals surface area contributed by atoms with Crippen LogP contribution in [0.5, 0.6) is 0 Å². The molecule has 0 amide bonds. The van der Waals surface area contributed by atoms with E-state index in [2.05, 4.69) is 23.6 Å². The molecule has 1 heterocycles. The van der Waals surface area contributed by atoms with Gasteiger partial charge in [-0.3, -0.25) is 9.79 Å². The Morgan fingerprint density at radius 2 is 2.16 bits per heavy atom. The topological polar surface area (TPSA) is 64.7 Å². The highest BCUT2D eigenvalue weighted by molar-refractivity contribution is 5.76. The number of esters is 1. The highest BCUT2D eigenvalue weighted by Crippen LogP contribution is 2.30. The molecular formula is C15H28N2O2. The van der Waals surface area contributed by atoms with Gasteiger partial charge in [0.1, 0.15) is 6.04 Å². The molecule has 4 nitrogen and oxygen atoms in total. The molecule has 4 unspecified atom stereocenters. The Balaban J connectivity index is 2.32. The molecule has 2 N–H and O–H groups in total. The van der Waals surface area contributed by atoms with Gasteiger partial charge >= 0.3 is 5.97 Å². The third kappa shape index (κ3) is 4.94. The summed E-state index contributed by atoms with van der Waals surface area (Å²) in [6.45, 7) is 4.44. The summed E-state index contributed by atoms with van der Waals surface area (Å²) in [6, 6.07) is -0.116. The van der Waals surface area contributed by atoms with Crippen LogP contribution in [-0.4, -0.2) is 31.4 Å². The van der Waals surface area contributed by atoms with E-state index in [9.17, 15) is 4.79 Å². The first-order valence-corrected chi connectivity index (χ1v) is 7.46. The van der Waals surface area contributed by atoms with Gasteiger partial charge in [-0.15, -0.1) is 0 Å². The van der Waals surface area contributed by atoms with Crippen LogP contribution < -0.4 is 5.73 Å². The number of methoxy groups -OCH3 is 1. The maximum absolute atomic E-state index is 11.3. The average molecular weight is 268 g/mol. The van der Waals surface area contributed by atoms with Gasteiger partial charge in [-0.1, -0.05) is 39.5 Å². The average Bonchev–Trinajstić information content (AvgIpc) is 2.75. The second-order valence-corrected chi connectivity index (χ2v) is 5.60. The fourth-order valence-corrected chi connectivity index (χ4v) is 2.71. The highest BCUT2D eigenvalue weighted by Gasteiger charge is 2.31. The number of nitrogens with zero attached hydrogens (tertiary/aromatic N) is 1. The maximum Gasteiger partial charge on any atom is 0.322 e. The Kier molecular flexibility index (Phi) is 7.06. The Morgan fingerprint density at radius 1 is 1.42 bits per heavy atom. The van der Waals surface area contributed by atoms with Crippen molar-refractivity contribution >= 4 is 12.2 Å². The van der Waals surface area contributed by atoms with Crippen LogP contribution in [0.25, 0.3) is 0 Å². The molecule has 0 radical (unpaired) electrons. The molecule has 0 aromatic carbocycles. The molecule has 4 atom stereocenters. The second kappa shape index (κ2) is 8.31. The Morgan fingerprint density at radius 3 is 2.79 bits per heavy atom. The fourth-order valence-electron chi connectivity index (χ4n) is 2.71. The van der Waals surface area contributed by atoms with Crippen molar-refractivity contribution in [2.45, 2.75) is 64.5 Å². The van der Waals surface area contributed by atoms with E-state index in [-0.39, 0.29) is 5.97 Å². The van der Waals surface area contributed by atoms with Crippen molar-refractivity contribution in [1.29, 1.82) is 0 Å². The lowest BCUT2D eigenvalue weighted by molar-refractivity contribution is -0.142. The first-order valence-electron chi connectivity index (χ1n) is 7.46. The first-order chi connectivity index (χ1) is 9.10. The predicted molar refractivity (Wildman–Crippen MR) is 78.3 cm³/mol. The van der Waals surface area contributed by atoms with Gasteiger partial charge in [0.05, 0.1) is 13.2 Å². The predicted octanol–water partition coefficient (Wildman–Crippen LogP) is 2.55. The summed E-state index contributed by atoms with van der Waals surface area (Å²) in [5.41, 5.74) is 5.82. The number of rotatable bonds is 8. The van der Waals surface area contributed by atoms with Crippen LogP contribution in [0.3, 0.4) is 0 Å². The number of carbonyl (C=O) groups is 1. The largest absolute Gasteiger partial charge is 0.468 e. The van der Waals surface area contributed by atoms with Crippen molar-refractivity contribution in [2.24, 2.45) is 22.6 Å².